The topological polar surface area (TPSA) is 82.9 Å². The van der Waals surface area contributed by atoms with Crippen molar-refractivity contribution >= 4 is 35.5 Å². The van der Waals surface area contributed by atoms with Crippen molar-refractivity contribution < 1.29 is 18.8 Å². The van der Waals surface area contributed by atoms with E-state index >= 15 is 0 Å². The summed E-state index contributed by atoms with van der Waals surface area (Å²) in [6.45, 7) is 1.90. The van der Waals surface area contributed by atoms with Gasteiger partial charge < -0.3 is 9.32 Å². The average molecular weight is 339 g/mol. The first-order chi connectivity index (χ1) is 11.9. The average Bonchev–Trinajstić information content (AvgIpc) is 3.02. The molecule has 1 aromatic carbocycles. The molecule has 0 atom stereocenters. The molecule has 1 fully saturated rings. The first-order valence-corrected chi connectivity index (χ1v) is 7.62. The van der Waals surface area contributed by atoms with E-state index in [4.69, 9.17) is 4.42 Å². The van der Waals surface area contributed by atoms with Crippen LogP contribution in [0.3, 0.4) is 0 Å². The number of barbiturate groups is 1. The van der Waals surface area contributed by atoms with Gasteiger partial charge in [0.2, 0.25) is 0 Å². The maximum absolute atomic E-state index is 12.7. The lowest BCUT2D eigenvalue weighted by molar-refractivity contribution is -0.122. The Hall–Kier alpha value is -3.35. The number of hydrogen-bond donors (Lipinski definition) is 1. The van der Waals surface area contributed by atoms with Crippen LogP contribution in [-0.4, -0.2) is 31.9 Å². The van der Waals surface area contributed by atoms with Crippen LogP contribution in [0.4, 0.5) is 16.4 Å². The molecule has 1 aliphatic heterocycles. The van der Waals surface area contributed by atoms with Gasteiger partial charge in [-0.1, -0.05) is 17.7 Å². The van der Waals surface area contributed by atoms with Gasteiger partial charge in [-0.15, -0.1) is 0 Å². The van der Waals surface area contributed by atoms with Crippen LogP contribution in [0.5, 0.6) is 0 Å². The van der Waals surface area contributed by atoms with Gasteiger partial charge in [0.05, 0.1) is 5.69 Å². The normalized spacial score (nSPS) is 16.4. The van der Waals surface area contributed by atoms with Crippen LogP contribution in [0.2, 0.25) is 0 Å². The van der Waals surface area contributed by atoms with E-state index in [9.17, 15) is 14.4 Å². The lowest BCUT2D eigenvalue weighted by Crippen LogP contribution is -2.54. The first kappa shape index (κ1) is 16.5. The van der Waals surface area contributed by atoms with Crippen molar-refractivity contribution in [1.82, 2.24) is 5.32 Å². The van der Waals surface area contributed by atoms with Gasteiger partial charge in [-0.3, -0.25) is 14.9 Å². The van der Waals surface area contributed by atoms with E-state index in [-0.39, 0.29) is 5.57 Å². The second-order valence-electron chi connectivity index (χ2n) is 5.86. The third kappa shape index (κ3) is 3.16. The van der Waals surface area contributed by atoms with Crippen molar-refractivity contribution in [3.8, 4) is 0 Å². The molecule has 2 heterocycles. The maximum Gasteiger partial charge on any atom is 0.335 e. The Morgan fingerprint density at radius 2 is 1.72 bits per heavy atom. The molecule has 0 bridgehead atoms. The standard InChI is InChI=1S/C18H17N3O4/c1-11-4-6-12(7-5-11)21-17(23)14(16(22)19-18(21)24)10-13-8-9-15(25-13)20(2)3/h4-10H,1-3H3,(H,19,22,24)/b14-10+. The van der Waals surface area contributed by atoms with Crippen molar-refractivity contribution in [1.29, 1.82) is 0 Å². The number of amides is 4. The van der Waals surface area contributed by atoms with Gasteiger partial charge in [0.25, 0.3) is 11.8 Å². The van der Waals surface area contributed by atoms with Crippen molar-refractivity contribution in [3.05, 3.63) is 53.3 Å². The molecule has 1 saturated heterocycles. The zero-order valence-electron chi connectivity index (χ0n) is 14.1. The summed E-state index contributed by atoms with van der Waals surface area (Å²) in [5.74, 6) is -0.510. The number of furan rings is 1. The van der Waals surface area contributed by atoms with Gasteiger partial charge in [0.1, 0.15) is 11.3 Å². The van der Waals surface area contributed by atoms with Gasteiger partial charge >= 0.3 is 6.03 Å². The van der Waals surface area contributed by atoms with Crippen LogP contribution in [0.15, 0.2) is 46.4 Å². The number of nitrogens with zero attached hydrogens (tertiary/aromatic N) is 2. The Balaban J connectivity index is 1.97. The number of imide groups is 2. The fourth-order valence-corrected chi connectivity index (χ4v) is 2.39. The number of carbonyl (C=O) groups excluding carboxylic acids is 3. The van der Waals surface area contributed by atoms with Gasteiger partial charge in [0, 0.05) is 20.2 Å². The highest BCUT2D eigenvalue weighted by Crippen LogP contribution is 2.24. The minimum atomic E-state index is -0.774. The third-order valence-corrected chi connectivity index (χ3v) is 3.73. The highest BCUT2D eigenvalue weighted by molar-refractivity contribution is 6.39. The Morgan fingerprint density at radius 3 is 2.32 bits per heavy atom. The fourth-order valence-electron chi connectivity index (χ4n) is 2.39. The summed E-state index contributed by atoms with van der Waals surface area (Å²) in [5, 5.41) is 2.18. The van der Waals surface area contributed by atoms with Gasteiger partial charge in [-0.05, 0) is 31.2 Å². The molecule has 7 heteroatoms. The largest absolute Gasteiger partial charge is 0.441 e. The van der Waals surface area contributed by atoms with Crippen LogP contribution < -0.4 is 15.1 Å². The molecule has 0 saturated carbocycles. The summed E-state index contributed by atoms with van der Waals surface area (Å²) >= 11 is 0. The highest BCUT2D eigenvalue weighted by Gasteiger charge is 2.37. The molecule has 0 spiro atoms. The second kappa shape index (κ2) is 6.27. The lowest BCUT2D eigenvalue weighted by atomic mass is 10.1. The molecule has 2 aromatic rings. The van der Waals surface area contributed by atoms with E-state index in [2.05, 4.69) is 5.32 Å². The molecule has 0 radical (unpaired) electrons. The Bertz CT molecular complexity index is 878. The molecule has 25 heavy (non-hydrogen) atoms. The molecule has 128 valence electrons. The summed E-state index contributed by atoms with van der Waals surface area (Å²) in [5.41, 5.74) is 1.21. The summed E-state index contributed by atoms with van der Waals surface area (Å²) < 4.78 is 5.54. The molecule has 0 unspecified atom stereocenters. The molecular formula is C18H17N3O4. The van der Waals surface area contributed by atoms with Gasteiger partial charge in [0.15, 0.2) is 5.88 Å². The Kier molecular flexibility index (Phi) is 4.14. The molecule has 4 amide bonds. The Labute approximate surface area is 144 Å². The van der Waals surface area contributed by atoms with Crippen LogP contribution in [0.25, 0.3) is 6.08 Å². The quantitative estimate of drug-likeness (QED) is 0.685. The molecule has 1 N–H and O–H groups in total. The number of hydrogen-bond acceptors (Lipinski definition) is 5. The fraction of sp³-hybridized carbons (Fsp3) is 0.167. The maximum atomic E-state index is 12.7. The van der Waals surface area contributed by atoms with Gasteiger partial charge in [-0.2, -0.15) is 0 Å². The smallest absolute Gasteiger partial charge is 0.335 e. The molecule has 0 aliphatic carbocycles. The first-order valence-electron chi connectivity index (χ1n) is 7.62. The van der Waals surface area contributed by atoms with E-state index in [1.165, 1.54) is 6.08 Å². The zero-order valence-corrected chi connectivity index (χ0v) is 14.1. The number of anilines is 2. The SMILES string of the molecule is Cc1ccc(N2C(=O)NC(=O)/C(=C\c3ccc(N(C)C)o3)C2=O)cc1. The minimum absolute atomic E-state index is 0.167. The van der Waals surface area contributed by atoms with Crippen molar-refractivity contribution in [2.24, 2.45) is 0 Å². The van der Waals surface area contributed by atoms with Crippen molar-refractivity contribution in [2.45, 2.75) is 6.92 Å². The predicted molar refractivity (Wildman–Crippen MR) is 93.2 cm³/mol. The van der Waals surface area contributed by atoms with E-state index in [0.717, 1.165) is 10.5 Å². The van der Waals surface area contributed by atoms with E-state index in [1.807, 2.05) is 21.0 Å². The number of carbonyl (C=O) groups is 3. The van der Waals surface area contributed by atoms with Crippen LogP contribution in [0.1, 0.15) is 11.3 Å². The lowest BCUT2D eigenvalue weighted by Gasteiger charge is -2.26. The number of rotatable bonds is 3. The second-order valence-corrected chi connectivity index (χ2v) is 5.86. The third-order valence-electron chi connectivity index (χ3n) is 3.73. The minimum Gasteiger partial charge on any atom is -0.441 e. The summed E-state index contributed by atoms with van der Waals surface area (Å²) in [6.07, 6.45) is 1.33. The molecule has 3 rings (SSSR count). The molecule has 1 aliphatic rings. The summed E-state index contributed by atoms with van der Waals surface area (Å²) in [4.78, 5) is 39.6. The summed E-state index contributed by atoms with van der Waals surface area (Å²) in [6, 6.07) is 9.46. The van der Waals surface area contributed by atoms with Crippen LogP contribution in [-0.2, 0) is 9.59 Å². The summed E-state index contributed by atoms with van der Waals surface area (Å²) in [7, 11) is 3.62. The predicted octanol–water partition coefficient (Wildman–Crippen LogP) is 2.32. The van der Waals surface area contributed by atoms with Gasteiger partial charge in [-0.25, -0.2) is 9.69 Å². The van der Waals surface area contributed by atoms with Crippen LogP contribution >= 0.6 is 0 Å². The Morgan fingerprint density at radius 1 is 1.04 bits per heavy atom. The van der Waals surface area contributed by atoms with E-state index in [0.29, 0.717) is 17.3 Å². The zero-order chi connectivity index (χ0) is 18.1. The van der Waals surface area contributed by atoms with E-state index in [1.54, 1.807) is 41.3 Å². The number of benzene rings is 1. The highest BCUT2D eigenvalue weighted by atomic mass is 16.4. The molecule has 1 aromatic heterocycles. The number of nitrogens with one attached hydrogen (secondary N) is 1. The number of aryl methyl sites for hydroxylation is 1. The monoisotopic (exact) mass is 339 g/mol. The van der Waals surface area contributed by atoms with Crippen molar-refractivity contribution in [2.75, 3.05) is 23.9 Å². The van der Waals surface area contributed by atoms with E-state index < -0.39 is 17.8 Å². The number of urea groups is 1. The molecule has 7 nitrogen and oxygen atoms in total. The van der Waals surface area contributed by atoms with Crippen molar-refractivity contribution in [3.63, 3.8) is 0 Å². The van der Waals surface area contributed by atoms with Crippen LogP contribution in [0, 0.1) is 6.92 Å². The molecular weight excluding hydrogens is 322 g/mol.